The molecule has 1 aliphatic rings. The molecule has 7 heteroatoms. The lowest BCUT2D eigenvalue weighted by atomic mass is 9.99. The summed E-state index contributed by atoms with van der Waals surface area (Å²) < 4.78 is 6.20. The number of hydrogen-bond donors (Lipinski definition) is 1. The average molecular weight is 450 g/mol. The van der Waals surface area contributed by atoms with Crippen molar-refractivity contribution < 1.29 is 19.4 Å². The van der Waals surface area contributed by atoms with Gasteiger partial charge in [0.2, 0.25) is 11.8 Å². The Bertz CT molecular complexity index is 1040. The SMILES string of the molecule is CCC(=O)N(C)C[C@H]1Oc2ncc(C#Cc3ccccc3)cc2C(=O)N([C@@H](C)CO)C[C@@H]1C. The topological polar surface area (TPSA) is 83.0 Å². The summed E-state index contributed by atoms with van der Waals surface area (Å²) in [5, 5.41) is 9.77. The maximum Gasteiger partial charge on any atom is 0.259 e. The molecule has 0 bridgehead atoms. The molecule has 2 heterocycles. The summed E-state index contributed by atoms with van der Waals surface area (Å²) in [6.45, 7) is 6.21. The summed E-state index contributed by atoms with van der Waals surface area (Å²) in [7, 11) is 1.75. The molecule has 0 saturated heterocycles. The van der Waals surface area contributed by atoms with Crippen molar-refractivity contribution in [2.24, 2.45) is 5.92 Å². The highest BCUT2D eigenvalue weighted by molar-refractivity contribution is 5.97. The van der Waals surface area contributed by atoms with Gasteiger partial charge in [0, 0.05) is 43.3 Å². The fourth-order valence-electron chi connectivity index (χ4n) is 3.70. The zero-order chi connectivity index (χ0) is 24.0. The van der Waals surface area contributed by atoms with Crippen molar-refractivity contribution in [2.45, 2.75) is 39.3 Å². The lowest BCUT2D eigenvalue weighted by molar-refractivity contribution is -0.131. The van der Waals surface area contributed by atoms with E-state index < -0.39 is 0 Å². The van der Waals surface area contributed by atoms with Gasteiger partial charge in [0.15, 0.2) is 0 Å². The van der Waals surface area contributed by atoms with Gasteiger partial charge in [-0.3, -0.25) is 9.59 Å². The van der Waals surface area contributed by atoms with Crippen LogP contribution in [0.3, 0.4) is 0 Å². The van der Waals surface area contributed by atoms with Gasteiger partial charge in [-0.2, -0.15) is 0 Å². The van der Waals surface area contributed by atoms with Gasteiger partial charge in [-0.1, -0.05) is 43.9 Å². The van der Waals surface area contributed by atoms with Crippen LogP contribution in [0.25, 0.3) is 0 Å². The monoisotopic (exact) mass is 449 g/mol. The minimum absolute atomic E-state index is 0.0178. The van der Waals surface area contributed by atoms with Gasteiger partial charge in [-0.15, -0.1) is 0 Å². The molecular weight excluding hydrogens is 418 g/mol. The zero-order valence-electron chi connectivity index (χ0n) is 19.6. The van der Waals surface area contributed by atoms with E-state index in [9.17, 15) is 14.7 Å². The zero-order valence-corrected chi connectivity index (χ0v) is 19.6. The summed E-state index contributed by atoms with van der Waals surface area (Å²) in [5.41, 5.74) is 1.76. The molecule has 0 unspecified atom stereocenters. The predicted octanol–water partition coefficient (Wildman–Crippen LogP) is 2.57. The second-order valence-electron chi connectivity index (χ2n) is 8.44. The van der Waals surface area contributed by atoms with E-state index in [1.54, 1.807) is 36.0 Å². The number of hydrogen-bond acceptors (Lipinski definition) is 5. The Morgan fingerprint density at radius 1 is 1.30 bits per heavy atom. The largest absolute Gasteiger partial charge is 0.472 e. The van der Waals surface area contributed by atoms with Gasteiger partial charge < -0.3 is 19.6 Å². The first-order valence-corrected chi connectivity index (χ1v) is 11.2. The maximum atomic E-state index is 13.4. The number of aromatic nitrogens is 1. The summed E-state index contributed by atoms with van der Waals surface area (Å²) >= 11 is 0. The predicted molar refractivity (Wildman–Crippen MR) is 126 cm³/mol. The van der Waals surface area contributed by atoms with Crippen LogP contribution in [0.1, 0.15) is 48.7 Å². The van der Waals surface area contributed by atoms with Crippen LogP contribution in [0.4, 0.5) is 0 Å². The van der Waals surface area contributed by atoms with Crippen molar-refractivity contribution in [3.05, 3.63) is 59.3 Å². The molecule has 2 amide bonds. The number of rotatable bonds is 5. The number of aliphatic hydroxyl groups is 1. The van der Waals surface area contributed by atoms with Crippen molar-refractivity contribution in [3.63, 3.8) is 0 Å². The van der Waals surface area contributed by atoms with Crippen LogP contribution in [0.5, 0.6) is 5.88 Å². The summed E-state index contributed by atoms with van der Waals surface area (Å²) in [4.78, 5) is 33.3. The summed E-state index contributed by atoms with van der Waals surface area (Å²) in [6, 6.07) is 10.9. The third-order valence-corrected chi connectivity index (χ3v) is 5.83. The number of carbonyl (C=O) groups excluding carboxylic acids is 2. The molecule has 0 fully saturated rings. The number of ether oxygens (including phenoxy) is 1. The van der Waals surface area contributed by atoms with Crippen LogP contribution in [0.15, 0.2) is 42.6 Å². The van der Waals surface area contributed by atoms with Crippen molar-refractivity contribution in [3.8, 4) is 17.7 Å². The van der Waals surface area contributed by atoms with Gasteiger partial charge >= 0.3 is 0 Å². The van der Waals surface area contributed by atoms with E-state index in [0.29, 0.717) is 30.6 Å². The smallest absolute Gasteiger partial charge is 0.259 e. The number of nitrogens with zero attached hydrogens (tertiary/aromatic N) is 3. The Hall–Kier alpha value is -3.37. The Morgan fingerprint density at radius 3 is 2.67 bits per heavy atom. The molecule has 0 saturated carbocycles. The number of aliphatic hydroxyl groups excluding tert-OH is 1. The first kappa shape index (κ1) is 24.3. The summed E-state index contributed by atoms with van der Waals surface area (Å²) in [5.74, 6) is 6.03. The normalized spacial score (nSPS) is 18.7. The summed E-state index contributed by atoms with van der Waals surface area (Å²) in [6.07, 6.45) is 1.63. The minimum atomic E-state index is -0.374. The van der Waals surface area contributed by atoms with Crippen LogP contribution in [-0.4, -0.2) is 70.6 Å². The second kappa shape index (κ2) is 11.0. The van der Waals surface area contributed by atoms with Crippen molar-refractivity contribution in [1.82, 2.24) is 14.8 Å². The first-order chi connectivity index (χ1) is 15.8. The fraction of sp³-hybridized carbons (Fsp3) is 0.423. The molecule has 174 valence electrons. The molecule has 0 aliphatic carbocycles. The van der Waals surface area contributed by atoms with E-state index in [-0.39, 0.29) is 42.4 Å². The van der Waals surface area contributed by atoms with E-state index in [4.69, 9.17) is 4.74 Å². The molecular formula is C26H31N3O4. The molecule has 33 heavy (non-hydrogen) atoms. The Morgan fingerprint density at radius 2 is 2.00 bits per heavy atom. The van der Waals surface area contributed by atoms with Gasteiger partial charge in [0.25, 0.3) is 5.91 Å². The molecule has 0 radical (unpaired) electrons. The number of fused-ring (bicyclic) bond motifs is 1. The van der Waals surface area contributed by atoms with E-state index >= 15 is 0 Å². The van der Waals surface area contributed by atoms with Crippen LogP contribution in [0.2, 0.25) is 0 Å². The van der Waals surface area contributed by atoms with Crippen molar-refractivity contribution in [1.29, 1.82) is 0 Å². The second-order valence-corrected chi connectivity index (χ2v) is 8.44. The van der Waals surface area contributed by atoms with Gasteiger partial charge in [0.1, 0.15) is 11.7 Å². The molecule has 3 rings (SSSR count). The van der Waals surface area contributed by atoms with Crippen molar-refractivity contribution in [2.75, 3.05) is 26.7 Å². The Labute approximate surface area is 195 Å². The average Bonchev–Trinajstić information content (AvgIpc) is 2.84. The standard InChI is InChI=1S/C26H31N3O4/c1-5-24(31)28(4)16-23-18(2)15-29(19(3)17-30)26(32)22-13-21(14-27-25(22)33-23)12-11-20-9-7-6-8-10-20/h6-10,13-14,18-19,23,30H,5,15-17H2,1-4H3/t18-,19-,23+/m0/s1. The highest BCUT2D eigenvalue weighted by Gasteiger charge is 2.34. The molecule has 3 atom stereocenters. The Kier molecular flexibility index (Phi) is 8.07. The highest BCUT2D eigenvalue weighted by Crippen LogP contribution is 2.27. The van der Waals surface area contributed by atoms with E-state index in [2.05, 4.69) is 16.8 Å². The molecule has 1 aromatic carbocycles. The number of benzene rings is 1. The quantitative estimate of drug-likeness (QED) is 0.710. The lowest BCUT2D eigenvalue weighted by Crippen LogP contribution is -2.50. The van der Waals surface area contributed by atoms with E-state index in [1.165, 1.54) is 0 Å². The lowest BCUT2D eigenvalue weighted by Gasteiger charge is -2.37. The molecule has 0 spiro atoms. The number of amides is 2. The van der Waals surface area contributed by atoms with Crippen LogP contribution in [0, 0.1) is 17.8 Å². The Balaban J connectivity index is 1.98. The molecule has 1 aromatic heterocycles. The molecule has 1 aliphatic heterocycles. The van der Waals surface area contributed by atoms with Crippen molar-refractivity contribution >= 4 is 11.8 Å². The number of carbonyl (C=O) groups is 2. The van der Waals surface area contributed by atoms with Crippen LogP contribution in [-0.2, 0) is 4.79 Å². The van der Waals surface area contributed by atoms with E-state index in [0.717, 1.165) is 5.56 Å². The molecule has 7 nitrogen and oxygen atoms in total. The molecule has 1 N–H and O–H groups in total. The van der Waals surface area contributed by atoms with Crippen LogP contribution >= 0.6 is 0 Å². The number of pyridine rings is 1. The first-order valence-electron chi connectivity index (χ1n) is 11.2. The minimum Gasteiger partial charge on any atom is -0.472 e. The van der Waals surface area contributed by atoms with E-state index in [1.807, 2.05) is 44.2 Å². The number of likely N-dealkylation sites (N-methyl/N-ethyl adjacent to an activating group) is 1. The van der Waals surface area contributed by atoms with Gasteiger partial charge in [-0.05, 0) is 25.1 Å². The third kappa shape index (κ3) is 5.91. The van der Waals surface area contributed by atoms with Gasteiger partial charge in [-0.25, -0.2) is 4.98 Å². The third-order valence-electron chi connectivity index (χ3n) is 5.83. The maximum absolute atomic E-state index is 13.4. The van der Waals surface area contributed by atoms with Gasteiger partial charge in [0.05, 0.1) is 19.2 Å². The fourth-order valence-corrected chi connectivity index (χ4v) is 3.70. The van der Waals surface area contributed by atoms with Crippen LogP contribution < -0.4 is 4.74 Å². The highest BCUT2D eigenvalue weighted by atomic mass is 16.5. The molecule has 2 aromatic rings.